The zero-order valence-corrected chi connectivity index (χ0v) is 20.5. The van der Waals surface area contributed by atoms with Crippen molar-refractivity contribution in [1.29, 1.82) is 0 Å². The van der Waals surface area contributed by atoms with Gasteiger partial charge in [0.1, 0.15) is 11.7 Å². The lowest BCUT2D eigenvalue weighted by molar-refractivity contribution is 0.395. The molecule has 2 aromatic heterocycles. The van der Waals surface area contributed by atoms with Gasteiger partial charge in [-0.25, -0.2) is 9.97 Å². The van der Waals surface area contributed by atoms with Gasteiger partial charge in [0, 0.05) is 36.1 Å². The van der Waals surface area contributed by atoms with Crippen molar-refractivity contribution in [3.8, 4) is 0 Å². The third-order valence-corrected chi connectivity index (χ3v) is 9.49. The number of nitrogens with one attached hydrogen (secondary N) is 2. The molecule has 2 aliphatic heterocycles. The molecule has 0 radical (unpaired) electrons. The van der Waals surface area contributed by atoms with E-state index in [1.165, 1.54) is 56.2 Å². The van der Waals surface area contributed by atoms with Gasteiger partial charge in [-0.3, -0.25) is 9.98 Å². The predicted octanol–water partition coefficient (Wildman–Crippen LogP) is 5.05. The number of nitrogens with zero attached hydrogens (tertiary/aromatic N) is 4. The monoisotopic (exact) mass is 486 g/mol. The zero-order chi connectivity index (χ0) is 22.5. The van der Waals surface area contributed by atoms with Crippen LogP contribution in [0.25, 0.3) is 20.4 Å². The van der Waals surface area contributed by atoms with E-state index in [9.17, 15) is 0 Å². The van der Waals surface area contributed by atoms with Gasteiger partial charge in [-0.2, -0.15) is 0 Å². The summed E-state index contributed by atoms with van der Waals surface area (Å²) in [5, 5.41) is 9.34. The highest BCUT2D eigenvalue weighted by Crippen LogP contribution is 2.44. The fourth-order valence-corrected chi connectivity index (χ4v) is 7.65. The summed E-state index contributed by atoms with van der Waals surface area (Å²) in [4.78, 5) is 19.1. The average Bonchev–Trinajstić information content (AvgIpc) is 3.69. The maximum absolute atomic E-state index is 5.01. The van der Waals surface area contributed by atoms with E-state index in [0.29, 0.717) is 11.8 Å². The van der Waals surface area contributed by atoms with E-state index < -0.39 is 0 Å². The van der Waals surface area contributed by atoms with Gasteiger partial charge in [-0.15, -0.1) is 22.7 Å². The summed E-state index contributed by atoms with van der Waals surface area (Å²) in [7, 11) is 0. The van der Waals surface area contributed by atoms with Gasteiger partial charge in [0.2, 0.25) is 0 Å². The van der Waals surface area contributed by atoms with Crippen molar-refractivity contribution in [3.63, 3.8) is 0 Å². The normalized spacial score (nSPS) is 22.6. The summed E-state index contributed by atoms with van der Waals surface area (Å²) in [5.41, 5.74) is 4.60. The van der Waals surface area contributed by atoms with Crippen molar-refractivity contribution in [2.45, 2.75) is 37.5 Å². The molecular formula is C26H26N6S2. The van der Waals surface area contributed by atoms with Crippen LogP contribution in [0.1, 0.15) is 58.7 Å². The molecule has 6 nitrogen and oxygen atoms in total. The first kappa shape index (κ1) is 20.5. The van der Waals surface area contributed by atoms with Crippen molar-refractivity contribution in [2.24, 2.45) is 9.98 Å². The van der Waals surface area contributed by atoms with Crippen LogP contribution >= 0.6 is 22.7 Å². The van der Waals surface area contributed by atoms with Gasteiger partial charge in [-0.1, -0.05) is 0 Å². The number of thiazole rings is 2. The lowest BCUT2D eigenvalue weighted by Gasteiger charge is -2.25. The molecule has 34 heavy (non-hydrogen) atoms. The predicted molar refractivity (Wildman–Crippen MR) is 142 cm³/mol. The van der Waals surface area contributed by atoms with Crippen LogP contribution in [-0.4, -0.2) is 47.8 Å². The molecule has 0 amide bonds. The van der Waals surface area contributed by atoms with E-state index in [2.05, 4.69) is 57.0 Å². The minimum absolute atomic E-state index is 0.562. The molecule has 7 rings (SSSR count). The number of benzene rings is 2. The van der Waals surface area contributed by atoms with Crippen molar-refractivity contribution < 1.29 is 0 Å². The van der Waals surface area contributed by atoms with Gasteiger partial charge >= 0.3 is 0 Å². The van der Waals surface area contributed by atoms with Crippen molar-refractivity contribution in [1.82, 2.24) is 20.6 Å². The Morgan fingerprint density at radius 2 is 1.12 bits per heavy atom. The van der Waals surface area contributed by atoms with Crippen molar-refractivity contribution in [2.75, 3.05) is 26.2 Å². The molecule has 0 saturated heterocycles. The minimum Gasteiger partial charge on any atom is -0.368 e. The van der Waals surface area contributed by atoms with E-state index in [4.69, 9.17) is 9.97 Å². The largest absolute Gasteiger partial charge is 0.368 e. The van der Waals surface area contributed by atoms with Crippen LogP contribution in [0.15, 0.2) is 46.4 Å². The molecule has 8 heteroatoms. The van der Waals surface area contributed by atoms with Crippen LogP contribution in [0.4, 0.5) is 0 Å². The third kappa shape index (κ3) is 3.69. The number of rotatable bonds is 4. The standard InChI is InChI=1S/C26H26N6S2/c1-2-16(26-32-20-8-6-18(14-22(20)34-26)24-29-11-12-30-24)4-3-15(1)25-31-19-7-5-17(13-21(19)33-25)23-27-9-10-28-23/h5-8,13-16H,1-4,9-12H2,(H,27,28)(H,29,30). The maximum Gasteiger partial charge on any atom is 0.128 e. The van der Waals surface area contributed by atoms with Crippen LogP contribution in [-0.2, 0) is 0 Å². The van der Waals surface area contributed by atoms with Gasteiger partial charge in [0.05, 0.1) is 43.5 Å². The Bertz CT molecular complexity index is 1330. The number of aromatic nitrogens is 2. The van der Waals surface area contributed by atoms with E-state index in [1.807, 2.05) is 22.7 Å². The van der Waals surface area contributed by atoms with E-state index in [0.717, 1.165) is 48.9 Å². The van der Waals surface area contributed by atoms with E-state index >= 15 is 0 Å². The van der Waals surface area contributed by atoms with Crippen LogP contribution in [0.2, 0.25) is 0 Å². The molecule has 1 aliphatic carbocycles. The molecule has 0 bridgehead atoms. The highest BCUT2D eigenvalue weighted by molar-refractivity contribution is 7.19. The molecular weight excluding hydrogens is 460 g/mol. The molecule has 4 aromatic rings. The molecule has 2 aromatic carbocycles. The maximum atomic E-state index is 5.01. The molecule has 1 fully saturated rings. The highest BCUT2D eigenvalue weighted by Gasteiger charge is 2.28. The highest BCUT2D eigenvalue weighted by atomic mass is 32.1. The first-order valence-electron chi connectivity index (χ1n) is 12.2. The van der Waals surface area contributed by atoms with Crippen LogP contribution in [0.5, 0.6) is 0 Å². The summed E-state index contributed by atoms with van der Waals surface area (Å²) < 4.78 is 2.55. The minimum atomic E-state index is 0.562. The van der Waals surface area contributed by atoms with Crippen molar-refractivity contribution in [3.05, 3.63) is 57.5 Å². The van der Waals surface area contributed by atoms with E-state index in [1.54, 1.807) is 0 Å². The summed E-state index contributed by atoms with van der Waals surface area (Å²) in [5.74, 6) is 3.17. The third-order valence-electron chi connectivity index (χ3n) is 7.13. The van der Waals surface area contributed by atoms with Gasteiger partial charge in [0.15, 0.2) is 0 Å². The van der Waals surface area contributed by atoms with Gasteiger partial charge in [0.25, 0.3) is 0 Å². The number of hydrogen-bond acceptors (Lipinski definition) is 8. The molecule has 172 valence electrons. The molecule has 0 atom stereocenters. The summed E-state index contributed by atoms with van der Waals surface area (Å²) in [6, 6.07) is 13.1. The quantitative estimate of drug-likeness (QED) is 0.423. The SMILES string of the molecule is c1cc2nc(C3CCC(c4nc5ccc(C6=NCCN6)cc5s4)CC3)sc2cc1C1=NCCN1. The second-order valence-corrected chi connectivity index (χ2v) is 11.5. The van der Waals surface area contributed by atoms with E-state index in [-0.39, 0.29) is 0 Å². The number of aliphatic imine (C=N–C) groups is 2. The van der Waals surface area contributed by atoms with Gasteiger partial charge < -0.3 is 10.6 Å². The Morgan fingerprint density at radius 1 is 0.647 bits per heavy atom. The topological polar surface area (TPSA) is 74.6 Å². The lowest BCUT2D eigenvalue weighted by atomic mass is 9.82. The molecule has 1 saturated carbocycles. The molecule has 2 N–H and O–H groups in total. The van der Waals surface area contributed by atoms with Crippen LogP contribution in [0, 0.1) is 0 Å². The second kappa shape index (κ2) is 8.43. The average molecular weight is 487 g/mol. The molecule has 0 spiro atoms. The zero-order valence-electron chi connectivity index (χ0n) is 18.9. The Balaban J connectivity index is 1.07. The fourth-order valence-electron chi connectivity index (χ4n) is 5.30. The number of hydrogen-bond donors (Lipinski definition) is 2. The molecule has 0 unspecified atom stereocenters. The summed E-state index contributed by atoms with van der Waals surface area (Å²) >= 11 is 3.73. The Kier molecular flexibility index (Phi) is 5.09. The number of amidine groups is 2. The Hall–Kier alpha value is -2.84. The van der Waals surface area contributed by atoms with Crippen LogP contribution < -0.4 is 10.6 Å². The van der Waals surface area contributed by atoms with Gasteiger partial charge in [-0.05, 0) is 62.1 Å². The molecule has 3 aliphatic rings. The summed E-state index contributed by atoms with van der Waals surface area (Å²) in [6.45, 7) is 3.61. The van der Waals surface area contributed by atoms with Crippen molar-refractivity contribution >= 4 is 54.8 Å². The van der Waals surface area contributed by atoms with Crippen LogP contribution in [0.3, 0.4) is 0 Å². The summed E-state index contributed by atoms with van der Waals surface area (Å²) in [6.07, 6.45) is 4.75. The lowest BCUT2D eigenvalue weighted by Crippen LogP contribution is -2.19. The smallest absolute Gasteiger partial charge is 0.128 e. The number of fused-ring (bicyclic) bond motifs is 2. The second-order valence-electron chi connectivity index (χ2n) is 9.33. The first-order chi connectivity index (χ1) is 16.8. The Morgan fingerprint density at radius 3 is 1.53 bits per heavy atom. The first-order valence-corrected chi connectivity index (χ1v) is 13.8. The Labute approximate surface area is 206 Å². The molecule has 4 heterocycles. The fraction of sp³-hybridized carbons (Fsp3) is 0.385.